The van der Waals surface area contributed by atoms with Crippen molar-refractivity contribution in [1.82, 2.24) is 10.2 Å². The Morgan fingerprint density at radius 3 is 2.20 bits per heavy atom. The highest BCUT2D eigenvalue weighted by Crippen LogP contribution is 2.26. The van der Waals surface area contributed by atoms with E-state index in [1.165, 1.54) is 11.0 Å². The van der Waals surface area contributed by atoms with E-state index < -0.39 is 40.2 Å². The maximum Gasteiger partial charge on any atom is 0.244 e. The second-order valence-corrected chi connectivity index (χ2v) is 11.6. The molecule has 192 valence electrons. The van der Waals surface area contributed by atoms with Gasteiger partial charge in [-0.25, -0.2) is 12.8 Å². The number of rotatable bonds is 10. The van der Waals surface area contributed by atoms with Crippen molar-refractivity contribution in [3.8, 4) is 0 Å². The van der Waals surface area contributed by atoms with Crippen molar-refractivity contribution in [1.29, 1.82) is 0 Å². The molecule has 0 radical (unpaired) electrons. The predicted octanol–water partition coefficient (Wildman–Crippen LogP) is 4.74. The molecule has 0 heterocycles. The molecule has 12 heteroatoms. The summed E-state index contributed by atoms with van der Waals surface area (Å²) in [5.41, 5.74) is 0.602. The normalized spacial score (nSPS) is 12.4. The highest BCUT2D eigenvalue weighted by atomic mass is 35.5. The molecule has 2 rings (SSSR count). The Balaban J connectivity index is 2.41. The number of carbonyl (C=O) groups excluding carboxylic acids is 2. The van der Waals surface area contributed by atoms with Crippen LogP contribution < -0.4 is 9.62 Å². The van der Waals surface area contributed by atoms with Crippen LogP contribution in [0.1, 0.15) is 26.3 Å². The molecule has 0 aliphatic rings. The summed E-state index contributed by atoms with van der Waals surface area (Å²) in [7, 11) is -3.96. The van der Waals surface area contributed by atoms with Crippen LogP contribution in [0.2, 0.25) is 15.1 Å². The first kappa shape index (κ1) is 29.2. The Labute approximate surface area is 220 Å². The molecule has 7 nitrogen and oxygen atoms in total. The molecule has 0 saturated heterocycles. The van der Waals surface area contributed by atoms with Gasteiger partial charge in [-0.1, -0.05) is 54.7 Å². The van der Waals surface area contributed by atoms with E-state index in [0.29, 0.717) is 17.1 Å². The summed E-state index contributed by atoms with van der Waals surface area (Å²) < 4.78 is 39.5. The maximum atomic E-state index is 13.6. The van der Waals surface area contributed by atoms with E-state index in [9.17, 15) is 22.4 Å². The van der Waals surface area contributed by atoms with E-state index >= 15 is 0 Å². The van der Waals surface area contributed by atoms with E-state index in [4.69, 9.17) is 34.8 Å². The number of nitrogens with one attached hydrogen (secondary N) is 1. The number of anilines is 1. The topological polar surface area (TPSA) is 86.8 Å². The third-order valence-corrected chi connectivity index (χ3v) is 7.23. The quantitative estimate of drug-likeness (QED) is 0.450. The Morgan fingerprint density at radius 1 is 1.00 bits per heavy atom. The Hall–Kier alpha value is -2.07. The monoisotopic (exact) mass is 565 g/mol. The number of carbonyl (C=O) groups is 2. The average Bonchev–Trinajstić information content (AvgIpc) is 2.77. The van der Waals surface area contributed by atoms with Gasteiger partial charge in [0.05, 0.1) is 27.0 Å². The van der Waals surface area contributed by atoms with Crippen molar-refractivity contribution in [3.63, 3.8) is 0 Å². The number of halogens is 4. The van der Waals surface area contributed by atoms with Gasteiger partial charge in [-0.15, -0.1) is 0 Å². The summed E-state index contributed by atoms with van der Waals surface area (Å²) in [4.78, 5) is 27.5. The number of benzene rings is 2. The van der Waals surface area contributed by atoms with Gasteiger partial charge in [0.25, 0.3) is 0 Å². The lowest BCUT2D eigenvalue weighted by Gasteiger charge is -2.31. The van der Waals surface area contributed by atoms with E-state index in [1.54, 1.807) is 25.1 Å². The highest BCUT2D eigenvalue weighted by Gasteiger charge is 2.30. The van der Waals surface area contributed by atoms with Crippen molar-refractivity contribution < 1.29 is 22.4 Å². The molecule has 1 atom stereocenters. The van der Waals surface area contributed by atoms with Crippen LogP contribution in [0.3, 0.4) is 0 Å². The fourth-order valence-electron chi connectivity index (χ4n) is 3.12. The van der Waals surface area contributed by atoms with Gasteiger partial charge in [-0.3, -0.25) is 13.9 Å². The maximum absolute atomic E-state index is 13.6. The van der Waals surface area contributed by atoms with E-state index in [2.05, 4.69) is 5.32 Å². The molecule has 35 heavy (non-hydrogen) atoms. The van der Waals surface area contributed by atoms with Crippen LogP contribution in [0, 0.1) is 11.7 Å². The first-order chi connectivity index (χ1) is 16.2. The largest absolute Gasteiger partial charge is 0.354 e. The van der Waals surface area contributed by atoms with Gasteiger partial charge in [-0.05, 0) is 48.7 Å². The first-order valence-corrected chi connectivity index (χ1v) is 13.6. The standard InChI is InChI=1S/C23H27Cl3FN3O4S/c1-14(2)11-28-23(32)15(3)29(12-16-5-7-18(24)19(25)9-16)22(31)13-30(35(4,33)34)17-6-8-21(27)20(26)10-17/h5-10,14-15H,11-13H2,1-4H3,(H,28,32). The SMILES string of the molecule is CC(C)CNC(=O)C(C)N(Cc1ccc(Cl)c(Cl)c1)C(=O)CN(c1ccc(F)c(Cl)c1)S(C)(=O)=O. The zero-order valence-corrected chi connectivity index (χ0v) is 22.8. The van der Waals surface area contributed by atoms with Crippen molar-refractivity contribution in [2.45, 2.75) is 33.4 Å². The number of sulfonamides is 1. The summed E-state index contributed by atoms with van der Waals surface area (Å²) in [6.45, 7) is 5.15. The fourth-order valence-corrected chi connectivity index (χ4v) is 4.46. The van der Waals surface area contributed by atoms with Gasteiger partial charge >= 0.3 is 0 Å². The molecular weight excluding hydrogens is 540 g/mol. The summed E-state index contributed by atoms with van der Waals surface area (Å²) >= 11 is 17.9. The van der Waals surface area contributed by atoms with Crippen LogP contribution in [0.15, 0.2) is 36.4 Å². The smallest absolute Gasteiger partial charge is 0.244 e. The van der Waals surface area contributed by atoms with Crippen molar-refractivity contribution in [3.05, 3.63) is 62.8 Å². The first-order valence-electron chi connectivity index (χ1n) is 10.6. The number of nitrogens with zero attached hydrogens (tertiary/aromatic N) is 2. The number of amides is 2. The highest BCUT2D eigenvalue weighted by molar-refractivity contribution is 7.92. The minimum atomic E-state index is -3.96. The minimum absolute atomic E-state index is 0.0126. The third kappa shape index (κ3) is 8.24. The summed E-state index contributed by atoms with van der Waals surface area (Å²) in [6.07, 6.45) is 0.916. The minimum Gasteiger partial charge on any atom is -0.354 e. The molecule has 0 saturated carbocycles. The predicted molar refractivity (Wildman–Crippen MR) is 138 cm³/mol. The molecule has 2 amide bonds. The Kier molecular flexibility index (Phi) is 10.2. The zero-order chi connectivity index (χ0) is 26.5. The molecule has 0 aliphatic heterocycles. The van der Waals surface area contributed by atoms with Crippen LogP contribution >= 0.6 is 34.8 Å². The second-order valence-electron chi connectivity index (χ2n) is 8.45. The molecule has 0 aliphatic carbocycles. The molecular formula is C23H27Cl3FN3O4S. The summed E-state index contributed by atoms with van der Waals surface area (Å²) in [6, 6.07) is 7.18. The Morgan fingerprint density at radius 2 is 1.66 bits per heavy atom. The van der Waals surface area contributed by atoms with Crippen molar-refractivity contribution in [2.75, 3.05) is 23.7 Å². The van der Waals surface area contributed by atoms with Gasteiger partial charge in [0.15, 0.2) is 0 Å². The Bertz CT molecular complexity index is 1190. The summed E-state index contributed by atoms with van der Waals surface area (Å²) in [5, 5.41) is 3.08. The van der Waals surface area contributed by atoms with Crippen LogP contribution in [-0.4, -0.2) is 50.5 Å². The number of hydrogen-bond acceptors (Lipinski definition) is 4. The van der Waals surface area contributed by atoms with Crippen molar-refractivity contribution >= 4 is 62.3 Å². The molecule has 0 aromatic heterocycles. The van der Waals surface area contributed by atoms with E-state index in [1.807, 2.05) is 13.8 Å². The van der Waals surface area contributed by atoms with E-state index in [0.717, 1.165) is 22.7 Å². The van der Waals surface area contributed by atoms with E-state index in [-0.39, 0.29) is 28.2 Å². The van der Waals surface area contributed by atoms with Crippen LogP contribution in [0.25, 0.3) is 0 Å². The molecule has 2 aromatic carbocycles. The second kappa shape index (κ2) is 12.3. The summed E-state index contributed by atoms with van der Waals surface area (Å²) in [5.74, 6) is -1.60. The fraction of sp³-hybridized carbons (Fsp3) is 0.391. The average molecular weight is 567 g/mol. The zero-order valence-electron chi connectivity index (χ0n) is 19.7. The third-order valence-electron chi connectivity index (χ3n) is 5.06. The molecule has 1 unspecified atom stereocenters. The molecule has 0 bridgehead atoms. The van der Waals surface area contributed by atoms with Crippen LogP contribution in [0.5, 0.6) is 0 Å². The lowest BCUT2D eigenvalue weighted by molar-refractivity contribution is -0.139. The van der Waals surface area contributed by atoms with Gasteiger partial charge < -0.3 is 10.2 Å². The van der Waals surface area contributed by atoms with Gasteiger partial charge in [0.2, 0.25) is 21.8 Å². The van der Waals surface area contributed by atoms with Gasteiger partial charge in [0.1, 0.15) is 18.4 Å². The molecule has 2 aromatic rings. The van der Waals surface area contributed by atoms with Crippen molar-refractivity contribution in [2.24, 2.45) is 5.92 Å². The van der Waals surface area contributed by atoms with Gasteiger partial charge in [-0.2, -0.15) is 0 Å². The van der Waals surface area contributed by atoms with Gasteiger partial charge in [0, 0.05) is 13.1 Å². The number of hydrogen-bond donors (Lipinski definition) is 1. The lowest BCUT2D eigenvalue weighted by Crippen LogP contribution is -2.51. The molecule has 0 spiro atoms. The van der Waals surface area contributed by atoms with Crippen LogP contribution in [0.4, 0.5) is 10.1 Å². The van der Waals surface area contributed by atoms with Crippen LogP contribution in [-0.2, 0) is 26.2 Å². The molecule has 1 N–H and O–H groups in total. The lowest BCUT2D eigenvalue weighted by atomic mass is 10.1. The molecule has 0 fully saturated rings.